The molecule has 208 valence electrons. The van der Waals surface area contributed by atoms with Crippen LogP contribution >= 0.6 is 0 Å². The zero-order valence-electron chi connectivity index (χ0n) is 22.1. The van der Waals surface area contributed by atoms with Gasteiger partial charge in [-0.2, -0.15) is 0 Å². The number of rotatable bonds is 11. The van der Waals surface area contributed by atoms with E-state index < -0.39 is 35.5 Å². The highest BCUT2D eigenvalue weighted by Crippen LogP contribution is 2.41. The van der Waals surface area contributed by atoms with E-state index in [0.29, 0.717) is 28.5 Å². The lowest BCUT2D eigenvalue weighted by atomic mass is 9.97. The van der Waals surface area contributed by atoms with E-state index in [0.717, 1.165) is 23.3 Å². The molecule has 2 fully saturated rings. The summed E-state index contributed by atoms with van der Waals surface area (Å²) in [7, 11) is 1.54. The minimum absolute atomic E-state index is 0.00300. The zero-order valence-corrected chi connectivity index (χ0v) is 22.1. The van der Waals surface area contributed by atoms with Crippen molar-refractivity contribution in [3.63, 3.8) is 0 Å². The van der Waals surface area contributed by atoms with Crippen molar-refractivity contribution < 1.29 is 33.4 Å². The molecule has 0 spiro atoms. The Hall–Kier alpha value is -4.24. The monoisotopic (exact) mass is 546 g/mol. The first kappa shape index (κ1) is 27.3. The number of anilines is 1. The van der Waals surface area contributed by atoms with E-state index >= 15 is 0 Å². The Kier molecular flexibility index (Phi) is 8.11. The number of carbonyl (C=O) groups is 3. The van der Waals surface area contributed by atoms with Gasteiger partial charge in [-0.25, -0.2) is 4.39 Å². The third kappa shape index (κ3) is 5.99. The number of aliphatic hydroxyl groups is 1. The predicted octanol–water partition coefficient (Wildman–Crippen LogP) is 4.18. The third-order valence-electron chi connectivity index (χ3n) is 7.33. The van der Waals surface area contributed by atoms with E-state index in [1.54, 1.807) is 61.7 Å². The molecule has 3 aromatic carbocycles. The van der Waals surface area contributed by atoms with Gasteiger partial charge in [0.05, 0.1) is 25.3 Å². The van der Waals surface area contributed by atoms with Gasteiger partial charge in [-0.15, -0.1) is 0 Å². The Morgan fingerprint density at radius 1 is 1.02 bits per heavy atom. The fraction of sp³-hybridized carbons (Fsp3) is 0.323. The van der Waals surface area contributed by atoms with Crippen molar-refractivity contribution in [2.75, 3.05) is 25.6 Å². The third-order valence-corrected chi connectivity index (χ3v) is 7.33. The van der Waals surface area contributed by atoms with E-state index in [-0.39, 0.29) is 31.7 Å². The molecular formula is C31H31FN2O6. The van der Waals surface area contributed by atoms with Crippen LogP contribution in [-0.4, -0.2) is 54.1 Å². The number of benzene rings is 3. The summed E-state index contributed by atoms with van der Waals surface area (Å²) in [5.74, 6) is -1.43. The topological polar surface area (TPSA) is 105 Å². The van der Waals surface area contributed by atoms with Gasteiger partial charge in [0.2, 0.25) is 17.7 Å². The van der Waals surface area contributed by atoms with Crippen molar-refractivity contribution in [1.82, 2.24) is 4.90 Å². The second kappa shape index (κ2) is 11.9. The van der Waals surface area contributed by atoms with E-state index in [4.69, 9.17) is 14.6 Å². The smallest absolute Gasteiger partial charge is 0.248 e. The molecule has 5 rings (SSSR count). The molecule has 9 heteroatoms. The van der Waals surface area contributed by atoms with E-state index in [9.17, 15) is 18.8 Å². The highest BCUT2D eigenvalue weighted by molar-refractivity contribution is 6.10. The molecule has 1 saturated heterocycles. The second-order valence-corrected chi connectivity index (χ2v) is 10.1. The van der Waals surface area contributed by atoms with Crippen LogP contribution in [0.5, 0.6) is 11.5 Å². The van der Waals surface area contributed by atoms with Gasteiger partial charge >= 0.3 is 0 Å². The number of aliphatic hydroxyl groups excluding tert-OH is 1. The largest absolute Gasteiger partial charge is 0.497 e. The molecule has 1 heterocycles. The number of carbonyl (C=O) groups excluding carboxylic acids is 3. The molecule has 0 aromatic heterocycles. The average Bonchev–Trinajstić information content (AvgIpc) is 3.77. The number of nitrogens with one attached hydrogen (secondary N) is 1. The van der Waals surface area contributed by atoms with Crippen molar-refractivity contribution in [2.45, 2.75) is 43.6 Å². The van der Waals surface area contributed by atoms with Gasteiger partial charge in [0.25, 0.3) is 0 Å². The molecule has 1 aliphatic carbocycles. The van der Waals surface area contributed by atoms with Crippen LogP contribution in [0, 0.1) is 5.82 Å². The lowest BCUT2D eigenvalue weighted by Gasteiger charge is -2.26. The number of ether oxygens (including phenoxy) is 2. The molecule has 1 saturated carbocycles. The lowest BCUT2D eigenvalue weighted by molar-refractivity contribution is -0.145. The fourth-order valence-corrected chi connectivity index (χ4v) is 5.00. The number of halogens is 1. The molecule has 0 bridgehead atoms. The van der Waals surface area contributed by atoms with E-state index in [1.807, 2.05) is 0 Å². The quantitative estimate of drug-likeness (QED) is 0.350. The molecular weight excluding hydrogens is 515 g/mol. The van der Waals surface area contributed by atoms with Crippen LogP contribution in [0.3, 0.4) is 0 Å². The fourth-order valence-electron chi connectivity index (χ4n) is 5.00. The van der Waals surface area contributed by atoms with Gasteiger partial charge in [-0.05, 0) is 71.8 Å². The van der Waals surface area contributed by atoms with Crippen LogP contribution < -0.4 is 14.8 Å². The zero-order chi connectivity index (χ0) is 28.2. The number of amides is 3. The standard InChI is InChI=1S/C31H31FN2O6/c1-39-23-9-2-19(3-10-23)16-28(30(37)33-27-13-8-22(17-26(27)32)20-4-5-20)34-29(36)18-25(31(34)38)21-6-11-24(12-7-21)40-15-14-35/h2-3,6-13,17,20,25,28,35H,4-5,14-16,18H2,1H3,(H,33,37)/t25-,28+/m1/s1. The van der Waals surface area contributed by atoms with Gasteiger partial charge in [0, 0.05) is 12.8 Å². The number of hydrogen-bond donors (Lipinski definition) is 2. The summed E-state index contributed by atoms with van der Waals surface area (Å²) >= 11 is 0. The summed E-state index contributed by atoms with van der Waals surface area (Å²) in [4.78, 5) is 41.5. The SMILES string of the molecule is COc1ccc(C[C@@H](C(=O)Nc2ccc(C3CC3)cc2F)N2C(=O)C[C@H](c3ccc(OCCO)cc3)C2=O)cc1. The molecule has 2 atom stereocenters. The predicted molar refractivity (Wildman–Crippen MR) is 146 cm³/mol. The summed E-state index contributed by atoms with van der Waals surface area (Å²) in [6.07, 6.45) is 2.00. The van der Waals surface area contributed by atoms with Gasteiger partial charge in [0.1, 0.15) is 30.0 Å². The van der Waals surface area contributed by atoms with Crippen molar-refractivity contribution >= 4 is 23.4 Å². The highest BCUT2D eigenvalue weighted by Gasteiger charge is 2.45. The number of methoxy groups -OCH3 is 1. The van der Waals surface area contributed by atoms with Crippen LogP contribution in [0.4, 0.5) is 10.1 Å². The average molecular weight is 547 g/mol. The number of nitrogens with zero attached hydrogens (tertiary/aromatic N) is 1. The summed E-state index contributed by atoms with van der Waals surface area (Å²) in [5.41, 5.74) is 2.22. The number of imide groups is 1. The Bertz CT molecular complexity index is 1390. The molecule has 40 heavy (non-hydrogen) atoms. The second-order valence-electron chi connectivity index (χ2n) is 10.1. The number of likely N-dealkylation sites (tertiary alicyclic amines) is 1. The minimum atomic E-state index is -1.19. The van der Waals surface area contributed by atoms with Crippen molar-refractivity contribution in [2.24, 2.45) is 0 Å². The van der Waals surface area contributed by atoms with E-state index in [2.05, 4.69) is 5.32 Å². The Morgan fingerprint density at radius 2 is 1.70 bits per heavy atom. The van der Waals surface area contributed by atoms with Gasteiger partial charge < -0.3 is 19.9 Å². The van der Waals surface area contributed by atoms with Crippen molar-refractivity contribution in [3.8, 4) is 11.5 Å². The van der Waals surface area contributed by atoms with Crippen molar-refractivity contribution in [3.05, 3.63) is 89.2 Å². The maximum Gasteiger partial charge on any atom is 0.248 e. The first-order valence-corrected chi connectivity index (χ1v) is 13.3. The maximum atomic E-state index is 14.9. The molecule has 0 radical (unpaired) electrons. The van der Waals surface area contributed by atoms with Crippen LogP contribution in [0.1, 0.15) is 47.8 Å². The van der Waals surface area contributed by atoms with Crippen LogP contribution in [0.25, 0.3) is 0 Å². The molecule has 0 unspecified atom stereocenters. The normalized spacial score (nSPS) is 17.6. The first-order valence-electron chi connectivity index (χ1n) is 13.3. The van der Waals surface area contributed by atoms with E-state index in [1.165, 1.54) is 12.1 Å². The highest BCUT2D eigenvalue weighted by atomic mass is 19.1. The van der Waals surface area contributed by atoms with Crippen molar-refractivity contribution in [1.29, 1.82) is 0 Å². The Morgan fingerprint density at radius 3 is 2.33 bits per heavy atom. The molecule has 2 N–H and O–H groups in total. The minimum Gasteiger partial charge on any atom is -0.497 e. The summed E-state index contributed by atoms with van der Waals surface area (Å²) < 4.78 is 25.5. The van der Waals surface area contributed by atoms with Crippen LogP contribution in [0.2, 0.25) is 0 Å². The molecule has 1 aliphatic heterocycles. The summed E-state index contributed by atoms with van der Waals surface area (Å²) in [6.45, 7) is 0.0125. The number of hydrogen-bond acceptors (Lipinski definition) is 6. The summed E-state index contributed by atoms with van der Waals surface area (Å²) in [5, 5.41) is 11.6. The van der Waals surface area contributed by atoms with Gasteiger partial charge in [0.15, 0.2) is 0 Å². The lowest BCUT2D eigenvalue weighted by Crippen LogP contribution is -2.48. The van der Waals surface area contributed by atoms with Crippen LogP contribution in [-0.2, 0) is 20.8 Å². The molecule has 2 aliphatic rings. The van der Waals surface area contributed by atoms with Gasteiger partial charge in [-0.3, -0.25) is 19.3 Å². The molecule has 8 nitrogen and oxygen atoms in total. The molecule has 3 aromatic rings. The van der Waals surface area contributed by atoms with Crippen LogP contribution in [0.15, 0.2) is 66.7 Å². The Balaban J connectivity index is 1.39. The summed E-state index contributed by atoms with van der Waals surface area (Å²) in [6, 6.07) is 17.3. The maximum absolute atomic E-state index is 14.9. The Labute approximate surface area is 231 Å². The first-order chi connectivity index (χ1) is 19.4. The molecule has 3 amide bonds. The van der Waals surface area contributed by atoms with Gasteiger partial charge in [-0.1, -0.05) is 30.3 Å².